The SMILES string of the molecule is CCCC(C)C(C)CNC(=O)c1c[nH]cn1. The van der Waals surface area contributed by atoms with Crippen molar-refractivity contribution in [3.8, 4) is 0 Å². The molecule has 0 aliphatic carbocycles. The standard InChI is InChI=1S/C12H21N3O/c1-4-5-9(2)10(3)6-14-12(16)11-7-13-8-15-11/h7-10H,4-6H2,1-3H3,(H,13,15)(H,14,16). The van der Waals surface area contributed by atoms with Crippen molar-refractivity contribution in [2.45, 2.75) is 33.6 Å². The molecule has 1 amide bonds. The Morgan fingerprint density at radius 1 is 1.50 bits per heavy atom. The smallest absolute Gasteiger partial charge is 0.271 e. The molecular formula is C12H21N3O. The second-order valence-corrected chi connectivity index (χ2v) is 4.41. The van der Waals surface area contributed by atoms with Crippen molar-refractivity contribution in [1.29, 1.82) is 0 Å². The lowest BCUT2D eigenvalue weighted by molar-refractivity contribution is 0.0939. The van der Waals surface area contributed by atoms with Crippen LogP contribution in [0.15, 0.2) is 12.5 Å². The number of rotatable bonds is 6. The predicted molar refractivity (Wildman–Crippen MR) is 64.2 cm³/mol. The Balaban J connectivity index is 2.31. The predicted octanol–water partition coefficient (Wildman–Crippen LogP) is 2.21. The number of carbonyl (C=O) groups excluding carboxylic acids is 1. The fraction of sp³-hybridized carbons (Fsp3) is 0.667. The minimum atomic E-state index is -0.100. The van der Waals surface area contributed by atoms with Gasteiger partial charge in [0.05, 0.1) is 6.33 Å². The first-order valence-corrected chi connectivity index (χ1v) is 5.92. The van der Waals surface area contributed by atoms with Gasteiger partial charge in [-0.05, 0) is 11.8 Å². The maximum absolute atomic E-state index is 11.6. The summed E-state index contributed by atoms with van der Waals surface area (Å²) in [6, 6.07) is 0. The highest BCUT2D eigenvalue weighted by Crippen LogP contribution is 2.15. The van der Waals surface area contributed by atoms with E-state index < -0.39 is 0 Å². The normalized spacial score (nSPS) is 14.4. The average Bonchev–Trinajstić information content (AvgIpc) is 2.79. The maximum Gasteiger partial charge on any atom is 0.271 e. The first-order chi connectivity index (χ1) is 7.65. The van der Waals surface area contributed by atoms with Gasteiger partial charge in [-0.2, -0.15) is 0 Å². The van der Waals surface area contributed by atoms with Crippen LogP contribution in [0.3, 0.4) is 0 Å². The second-order valence-electron chi connectivity index (χ2n) is 4.41. The molecule has 0 radical (unpaired) electrons. The molecule has 2 atom stereocenters. The third-order valence-electron chi connectivity index (χ3n) is 3.03. The molecule has 0 bridgehead atoms. The van der Waals surface area contributed by atoms with Crippen molar-refractivity contribution in [1.82, 2.24) is 15.3 Å². The van der Waals surface area contributed by atoms with E-state index in [2.05, 4.69) is 36.1 Å². The van der Waals surface area contributed by atoms with E-state index in [1.807, 2.05) is 0 Å². The van der Waals surface area contributed by atoms with Gasteiger partial charge in [-0.15, -0.1) is 0 Å². The fourth-order valence-corrected chi connectivity index (χ4v) is 1.67. The number of hydrogen-bond donors (Lipinski definition) is 2. The van der Waals surface area contributed by atoms with E-state index in [4.69, 9.17) is 0 Å². The van der Waals surface area contributed by atoms with Gasteiger partial charge in [0.25, 0.3) is 5.91 Å². The highest BCUT2D eigenvalue weighted by molar-refractivity contribution is 5.91. The minimum Gasteiger partial charge on any atom is -0.350 e. The molecule has 2 unspecified atom stereocenters. The van der Waals surface area contributed by atoms with Crippen LogP contribution in [0, 0.1) is 11.8 Å². The first-order valence-electron chi connectivity index (χ1n) is 5.92. The van der Waals surface area contributed by atoms with Crippen LogP contribution < -0.4 is 5.32 Å². The number of amides is 1. The van der Waals surface area contributed by atoms with Gasteiger partial charge in [0.2, 0.25) is 0 Å². The van der Waals surface area contributed by atoms with Gasteiger partial charge in [-0.25, -0.2) is 4.98 Å². The third kappa shape index (κ3) is 3.68. The lowest BCUT2D eigenvalue weighted by atomic mass is 9.92. The molecule has 1 rings (SSSR count). The van der Waals surface area contributed by atoms with Crippen molar-refractivity contribution in [2.75, 3.05) is 6.54 Å². The summed E-state index contributed by atoms with van der Waals surface area (Å²) in [5.41, 5.74) is 0.454. The zero-order valence-corrected chi connectivity index (χ0v) is 10.3. The molecular weight excluding hydrogens is 202 g/mol. The summed E-state index contributed by atoms with van der Waals surface area (Å²) in [6.45, 7) is 7.30. The van der Waals surface area contributed by atoms with Crippen LogP contribution in [0.25, 0.3) is 0 Å². The van der Waals surface area contributed by atoms with Gasteiger partial charge in [-0.3, -0.25) is 4.79 Å². The molecule has 0 spiro atoms. The third-order valence-corrected chi connectivity index (χ3v) is 3.03. The molecule has 2 N–H and O–H groups in total. The summed E-state index contributed by atoms with van der Waals surface area (Å²) in [4.78, 5) is 18.3. The van der Waals surface area contributed by atoms with Gasteiger partial charge >= 0.3 is 0 Å². The van der Waals surface area contributed by atoms with Crippen LogP contribution >= 0.6 is 0 Å². The highest BCUT2D eigenvalue weighted by Gasteiger charge is 2.13. The molecule has 4 nitrogen and oxygen atoms in total. The molecule has 1 heterocycles. The highest BCUT2D eigenvalue weighted by atomic mass is 16.1. The zero-order chi connectivity index (χ0) is 12.0. The van der Waals surface area contributed by atoms with E-state index in [0.29, 0.717) is 24.1 Å². The molecule has 0 aliphatic heterocycles. The summed E-state index contributed by atoms with van der Waals surface area (Å²) in [5, 5.41) is 2.90. The van der Waals surface area contributed by atoms with Crippen molar-refractivity contribution in [3.63, 3.8) is 0 Å². The number of imidazole rings is 1. The Hall–Kier alpha value is -1.32. The fourth-order valence-electron chi connectivity index (χ4n) is 1.67. The first kappa shape index (κ1) is 12.7. The Morgan fingerprint density at radius 2 is 2.25 bits per heavy atom. The van der Waals surface area contributed by atoms with E-state index >= 15 is 0 Å². The van der Waals surface area contributed by atoms with Crippen LogP contribution in [-0.4, -0.2) is 22.4 Å². The van der Waals surface area contributed by atoms with Gasteiger partial charge in [-0.1, -0.05) is 33.6 Å². The second kappa shape index (κ2) is 6.30. The van der Waals surface area contributed by atoms with E-state index in [9.17, 15) is 4.79 Å². The van der Waals surface area contributed by atoms with Crippen LogP contribution in [0.1, 0.15) is 44.1 Å². The number of nitrogens with zero attached hydrogens (tertiary/aromatic N) is 1. The molecule has 1 aromatic rings. The molecule has 0 saturated heterocycles. The van der Waals surface area contributed by atoms with Crippen LogP contribution in [0.4, 0.5) is 0 Å². The van der Waals surface area contributed by atoms with Crippen LogP contribution in [-0.2, 0) is 0 Å². The lowest BCUT2D eigenvalue weighted by Gasteiger charge is -2.19. The van der Waals surface area contributed by atoms with E-state index in [0.717, 1.165) is 0 Å². The van der Waals surface area contributed by atoms with E-state index in [1.54, 1.807) is 6.20 Å². The molecule has 4 heteroatoms. The van der Waals surface area contributed by atoms with E-state index in [-0.39, 0.29) is 5.91 Å². The van der Waals surface area contributed by atoms with Gasteiger partial charge in [0.1, 0.15) is 5.69 Å². The molecule has 0 saturated carbocycles. The number of aromatic amines is 1. The number of hydrogen-bond acceptors (Lipinski definition) is 2. The quantitative estimate of drug-likeness (QED) is 0.776. The van der Waals surface area contributed by atoms with Crippen LogP contribution in [0.2, 0.25) is 0 Å². The van der Waals surface area contributed by atoms with Crippen molar-refractivity contribution < 1.29 is 4.79 Å². The number of carbonyl (C=O) groups is 1. The lowest BCUT2D eigenvalue weighted by Crippen LogP contribution is -2.30. The summed E-state index contributed by atoms with van der Waals surface area (Å²) in [6.07, 6.45) is 5.52. The molecule has 0 aromatic carbocycles. The largest absolute Gasteiger partial charge is 0.350 e. The van der Waals surface area contributed by atoms with Gasteiger partial charge in [0, 0.05) is 12.7 Å². The topological polar surface area (TPSA) is 57.8 Å². The Labute approximate surface area is 96.9 Å². The number of H-pyrrole nitrogens is 1. The maximum atomic E-state index is 11.6. The molecule has 90 valence electrons. The van der Waals surface area contributed by atoms with Crippen molar-refractivity contribution in [2.24, 2.45) is 11.8 Å². The number of nitrogens with one attached hydrogen (secondary N) is 2. The summed E-state index contributed by atoms with van der Waals surface area (Å²) >= 11 is 0. The summed E-state index contributed by atoms with van der Waals surface area (Å²) in [7, 11) is 0. The number of aromatic nitrogens is 2. The average molecular weight is 223 g/mol. The molecule has 0 fully saturated rings. The van der Waals surface area contributed by atoms with Crippen LogP contribution in [0.5, 0.6) is 0 Å². The van der Waals surface area contributed by atoms with Crippen molar-refractivity contribution in [3.05, 3.63) is 18.2 Å². The van der Waals surface area contributed by atoms with Gasteiger partial charge < -0.3 is 10.3 Å². The summed E-state index contributed by atoms with van der Waals surface area (Å²) < 4.78 is 0. The monoisotopic (exact) mass is 223 g/mol. The zero-order valence-electron chi connectivity index (χ0n) is 10.3. The molecule has 16 heavy (non-hydrogen) atoms. The van der Waals surface area contributed by atoms with E-state index in [1.165, 1.54) is 19.2 Å². The molecule has 1 aromatic heterocycles. The Kier molecular flexibility index (Phi) is 5.02. The molecule has 0 aliphatic rings. The van der Waals surface area contributed by atoms with Crippen molar-refractivity contribution >= 4 is 5.91 Å². The Bertz CT molecular complexity index is 308. The van der Waals surface area contributed by atoms with Gasteiger partial charge in [0.15, 0.2) is 0 Å². The Morgan fingerprint density at radius 3 is 2.81 bits per heavy atom. The summed E-state index contributed by atoms with van der Waals surface area (Å²) in [5.74, 6) is 1.05. The minimum absolute atomic E-state index is 0.100.